The number of aromatic nitrogens is 2. The average Bonchev–Trinajstić information content (AvgIpc) is 2.94. The van der Waals surface area contributed by atoms with E-state index in [4.69, 9.17) is 12.2 Å². The third-order valence-corrected chi connectivity index (χ3v) is 5.56. The van der Waals surface area contributed by atoms with Gasteiger partial charge in [-0.15, -0.1) is 0 Å². The summed E-state index contributed by atoms with van der Waals surface area (Å²) >= 11 is 6.66. The number of carbonyl (C=O) groups excluding carboxylic acids is 1. The maximum atomic E-state index is 12.7. The van der Waals surface area contributed by atoms with Gasteiger partial charge in [-0.05, 0) is 42.3 Å². The van der Waals surface area contributed by atoms with Gasteiger partial charge in [-0.3, -0.25) is 14.7 Å². The van der Waals surface area contributed by atoms with E-state index in [0.717, 1.165) is 16.6 Å². The smallest absolute Gasteiger partial charge is 0.266 e. The Labute approximate surface area is 165 Å². The van der Waals surface area contributed by atoms with E-state index in [1.807, 2.05) is 36.4 Å². The van der Waals surface area contributed by atoms with Crippen molar-refractivity contribution in [2.75, 3.05) is 6.54 Å². The van der Waals surface area contributed by atoms with E-state index in [9.17, 15) is 9.90 Å². The number of benzene rings is 2. The third-order valence-electron chi connectivity index (χ3n) is 4.18. The Hall–Kier alpha value is -2.77. The third kappa shape index (κ3) is 3.84. The van der Waals surface area contributed by atoms with Gasteiger partial charge in [0.2, 0.25) is 0 Å². The van der Waals surface area contributed by atoms with Crippen molar-refractivity contribution in [3.63, 3.8) is 0 Å². The summed E-state index contributed by atoms with van der Waals surface area (Å²) in [7, 11) is 0. The van der Waals surface area contributed by atoms with E-state index >= 15 is 0 Å². The van der Waals surface area contributed by atoms with Crippen LogP contribution in [0, 0.1) is 0 Å². The second kappa shape index (κ2) is 7.46. The number of thioether (sulfide) groups is 1. The minimum atomic E-state index is -0.112. The fourth-order valence-electron chi connectivity index (χ4n) is 2.77. The SMILES string of the molecule is O=C1/C(=C\c2cnc3ccccc3n2)SC(=S)N1CCc1ccc(O)cc1. The number of nitrogens with zero attached hydrogens (tertiary/aromatic N) is 3. The van der Waals surface area contributed by atoms with Crippen LogP contribution in [-0.4, -0.2) is 36.7 Å². The van der Waals surface area contributed by atoms with E-state index < -0.39 is 0 Å². The van der Waals surface area contributed by atoms with Crippen molar-refractivity contribution in [1.29, 1.82) is 0 Å². The summed E-state index contributed by atoms with van der Waals surface area (Å²) in [5.74, 6) is 0.113. The fourth-order valence-corrected chi connectivity index (χ4v) is 4.06. The van der Waals surface area contributed by atoms with Gasteiger partial charge in [0.1, 0.15) is 10.1 Å². The molecule has 2 heterocycles. The normalized spacial score (nSPS) is 15.9. The zero-order valence-electron chi connectivity index (χ0n) is 14.2. The van der Waals surface area contributed by atoms with Crippen molar-refractivity contribution in [2.45, 2.75) is 6.42 Å². The van der Waals surface area contributed by atoms with E-state index in [1.165, 1.54) is 11.8 Å². The van der Waals surface area contributed by atoms with Gasteiger partial charge in [0.25, 0.3) is 5.91 Å². The second-order valence-electron chi connectivity index (χ2n) is 6.03. The molecule has 1 fully saturated rings. The van der Waals surface area contributed by atoms with Gasteiger partial charge in [0.15, 0.2) is 0 Å². The predicted octanol–water partition coefficient (Wildman–Crippen LogP) is 3.78. The maximum Gasteiger partial charge on any atom is 0.266 e. The molecule has 3 aromatic rings. The molecule has 1 aliphatic heterocycles. The van der Waals surface area contributed by atoms with Crippen LogP contribution < -0.4 is 0 Å². The number of para-hydroxylation sites is 2. The number of thiocarbonyl (C=S) groups is 1. The van der Waals surface area contributed by atoms with Crippen molar-refractivity contribution in [2.24, 2.45) is 0 Å². The molecule has 0 aliphatic carbocycles. The lowest BCUT2D eigenvalue weighted by atomic mass is 10.1. The summed E-state index contributed by atoms with van der Waals surface area (Å²) in [4.78, 5) is 23.8. The molecule has 1 aromatic heterocycles. The van der Waals surface area contributed by atoms with Crippen LogP contribution >= 0.6 is 24.0 Å². The van der Waals surface area contributed by atoms with Gasteiger partial charge in [0.05, 0.1) is 27.8 Å². The first-order valence-corrected chi connectivity index (χ1v) is 9.58. The van der Waals surface area contributed by atoms with Crippen molar-refractivity contribution in [3.05, 3.63) is 70.9 Å². The quantitative estimate of drug-likeness (QED) is 0.538. The minimum Gasteiger partial charge on any atom is -0.508 e. The molecule has 0 spiro atoms. The Morgan fingerprint density at radius 3 is 2.63 bits per heavy atom. The Morgan fingerprint density at radius 2 is 1.85 bits per heavy atom. The van der Waals surface area contributed by atoms with Gasteiger partial charge in [-0.1, -0.05) is 48.2 Å². The number of phenols is 1. The maximum absolute atomic E-state index is 12.7. The van der Waals surface area contributed by atoms with Gasteiger partial charge < -0.3 is 5.11 Å². The monoisotopic (exact) mass is 393 g/mol. The first kappa shape index (κ1) is 17.6. The highest BCUT2D eigenvalue weighted by atomic mass is 32.2. The molecule has 7 heteroatoms. The molecule has 0 atom stereocenters. The number of phenolic OH excluding ortho intramolecular Hbond substituents is 1. The molecule has 0 saturated carbocycles. The molecule has 0 unspecified atom stereocenters. The summed E-state index contributed by atoms with van der Waals surface area (Å²) < 4.78 is 0.541. The number of aromatic hydroxyl groups is 1. The fraction of sp³-hybridized carbons (Fsp3) is 0.100. The summed E-state index contributed by atoms with van der Waals surface area (Å²) in [6, 6.07) is 14.6. The van der Waals surface area contributed by atoms with Crippen LogP contribution in [-0.2, 0) is 11.2 Å². The van der Waals surface area contributed by atoms with Gasteiger partial charge in [-0.25, -0.2) is 4.98 Å². The molecular weight excluding hydrogens is 378 g/mol. The largest absolute Gasteiger partial charge is 0.508 e. The molecule has 1 amide bonds. The van der Waals surface area contributed by atoms with Gasteiger partial charge in [-0.2, -0.15) is 0 Å². The van der Waals surface area contributed by atoms with Crippen molar-refractivity contribution >= 4 is 51.3 Å². The van der Waals surface area contributed by atoms with Crippen LogP contribution in [0.4, 0.5) is 0 Å². The molecule has 5 nitrogen and oxygen atoms in total. The highest BCUT2D eigenvalue weighted by Gasteiger charge is 2.31. The summed E-state index contributed by atoms with van der Waals surface area (Å²) in [6.07, 6.45) is 4.06. The number of hydrogen-bond donors (Lipinski definition) is 1. The lowest BCUT2D eigenvalue weighted by Crippen LogP contribution is -2.30. The topological polar surface area (TPSA) is 66.3 Å². The molecule has 0 bridgehead atoms. The molecule has 27 heavy (non-hydrogen) atoms. The summed E-state index contributed by atoms with van der Waals surface area (Å²) in [6.45, 7) is 0.496. The van der Waals surface area contributed by atoms with Crippen LogP contribution in [0.25, 0.3) is 17.1 Å². The lowest BCUT2D eigenvalue weighted by Gasteiger charge is -2.14. The molecule has 1 N–H and O–H groups in total. The number of rotatable bonds is 4. The minimum absolute atomic E-state index is 0.112. The Balaban J connectivity index is 1.50. The summed E-state index contributed by atoms with van der Waals surface area (Å²) in [5, 5.41) is 9.35. The zero-order valence-corrected chi connectivity index (χ0v) is 15.8. The highest BCUT2D eigenvalue weighted by Crippen LogP contribution is 2.32. The van der Waals surface area contributed by atoms with Crippen molar-refractivity contribution in [3.8, 4) is 5.75 Å². The van der Waals surface area contributed by atoms with E-state index in [0.29, 0.717) is 27.9 Å². The number of hydrogen-bond acceptors (Lipinski definition) is 6. The molecule has 2 aromatic carbocycles. The highest BCUT2D eigenvalue weighted by molar-refractivity contribution is 8.26. The van der Waals surface area contributed by atoms with Crippen LogP contribution in [0.15, 0.2) is 59.6 Å². The van der Waals surface area contributed by atoms with E-state index in [2.05, 4.69) is 9.97 Å². The first-order chi connectivity index (χ1) is 13.1. The Morgan fingerprint density at radius 1 is 1.11 bits per heavy atom. The number of fused-ring (bicyclic) bond motifs is 1. The average molecular weight is 393 g/mol. The molecular formula is C20H15N3O2S2. The van der Waals surface area contributed by atoms with Gasteiger partial charge in [0, 0.05) is 6.54 Å². The number of amides is 1. The standard InChI is InChI=1S/C20H15N3O2S2/c24-15-7-5-13(6-8-15)9-10-23-19(25)18(27-20(23)26)11-14-12-21-16-3-1-2-4-17(16)22-14/h1-8,11-12,24H,9-10H2/b18-11+. The van der Waals surface area contributed by atoms with Crippen LogP contribution in [0.3, 0.4) is 0 Å². The van der Waals surface area contributed by atoms with Crippen molar-refractivity contribution < 1.29 is 9.90 Å². The van der Waals surface area contributed by atoms with Crippen LogP contribution in [0.5, 0.6) is 5.75 Å². The zero-order chi connectivity index (χ0) is 18.8. The molecule has 0 radical (unpaired) electrons. The second-order valence-corrected chi connectivity index (χ2v) is 7.71. The molecule has 134 valence electrons. The van der Waals surface area contributed by atoms with Gasteiger partial charge >= 0.3 is 0 Å². The Bertz CT molecular complexity index is 1060. The summed E-state index contributed by atoms with van der Waals surface area (Å²) in [5.41, 5.74) is 3.27. The van der Waals surface area contributed by atoms with Crippen LogP contribution in [0.1, 0.15) is 11.3 Å². The van der Waals surface area contributed by atoms with Crippen LogP contribution in [0.2, 0.25) is 0 Å². The predicted molar refractivity (Wildman–Crippen MR) is 111 cm³/mol. The molecule has 1 aliphatic rings. The Kier molecular flexibility index (Phi) is 4.87. The first-order valence-electron chi connectivity index (χ1n) is 8.35. The van der Waals surface area contributed by atoms with E-state index in [-0.39, 0.29) is 11.7 Å². The van der Waals surface area contributed by atoms with E-state index in [1.54, 1.807) is 29.3 Å². The number of carbonyl (C=O) groups is 1. The molecule has 4 rings (SSSR count). The molecule has 1 saturated heterocycles. The lowest BCUT2D eigenvalue weighted by molar-refractivity contribution is -0.122. The van der Waals surface area contributed by atoms with Crippen molar-refractivity contribution in [1.82, 2.24) is 14.9 Å².